The molecule has 4 rings (SSSR count). The molecule has 6 nitrogen and oxygen atoms in total. The van der Waals surface area contributed by atoms with Crippen molar-refractivity contribution in [3.63, 3.8) is 0 Å². The second-order valence-corrected chi connectivity index (χ2v) is 9.45. The van der Waals surface area contributed by atoms with E-state index in [-0.39, 0.29) is 23.3 Å². The monoisotopic (exact) mass is 462 g/mol. The van der Waals surface area contributed by atoms with Crippen molar-refractivity contribution in [1.29, 1.82) is 0 Å². The largest absolute Gasteiger partial charge is 0.427 e. The van der Waals surface area contributed by atoms with E-state index in [2.05, 4.69) is 22.9 Å². The molecule has 1 heterocycles. The molecule has 6 heteroatoms. The summed E-state index contributed by atoms with van der Waals surface area (Å²) in [5, 5.41) is 3.28. The maximum atomic E-state index is 13.0. The molecule has 2 aromatic rings. The summed E-state index contributed by atoms with van der Waals surface area (Å²) in [4.78, 5) is 27.0. The molecule has 0 bridgehead atoms. The lowest BCUT2D eigenvalue weighted by molar-refractivity contribution is -0.146. The van der Waals surface area contributed by atoms with Gasteiger partial charge in [0, 0.05) is 44.1 Å². The van der Waals surface area contributed by atoms with Crippen LogP contribution in [0.3, 0.4) is 0 Å². The van der Waals surface area contributed by atoms with Gasteiger partial charge in [0.1, 0.15) is 5.75 Å². The second kappa shape index (κ2) is 10.1. The Morgan fingerprint density at radius 3 is 2.68 bits per heavy atom. The fraction of sp³-hybridized carbons (Fsp3) is 0.429. The summed E-state index contributed by atoms with van der Waals surface area (Å²) in [6.07, 6.45) is 5.21. The lowest BCUT2D eigenvalue weighted by Crippen LogP contribution is -2.67. The zero-order valence-electron chi connectivity index (χ0n) is 20.1. The highest BCUT2D eigenvalue weighted by Gasteiger charge is 2.58. The van der Waals surface area contributed by atoms with Crippen LogP contribution in [0.4, 0.5) is 0 Å². The average Bonchev–Trinajstić information content (AvgIpc) is 2.84. The van der Waals surface area contributed by atoms with Gasteiger partial charge in [-0.1, -0.05) is 36.4 Å². The number of piperidine rings is 1. The molecule has 1 aliphatic heterocycles. The number of hydrogen-bond acceptors (Lipinski definition) is 5. The van der Waals surface area contributed by atoms with Gasteiger partial charge in [-0.15, -0.1) is 6.58 Å². The first kappa shape index (κ1) is 24.2. The molecule has 0 spiro atoms. The summed E-state index contributed by atoms with van der Waals surface area (Å²) < 4.78 is 11.8. The molecule has 2 unspecified atom stereocenters. The number of hydrogen-bond donors (Lipinski definition) is 1. The van der Waals surface area contributed by atoms with Crippen LogP contribution in [0, 0.1) is 0 Å². The Kier molecular flexibility index (Phi) is 7.19. The average molecular weight is 463 g/mol. The number of benzene rings is 2. The zero-order chi connectivity index (χ0) is 24.2. The minimum atomic E-state index is -0.420. The summed E-state index contributed by atoms with van der Waals surface area (Å²) in [6, 6.07) is 17.2. The Morgan fingerprint density at radius 2 is 1.97 bits per heavy atom. The van der Waals surface area contributed by atoms with Crippen molar-refractivity contribution in [3.8, 4) is 5.75 Å². The van der Waals surface area contributed by atoms with Crippen LogP contribution in [0.2, 0.25) is 0 Å². The number of esters is 1. The van der Waals surface area contributed by atoms with E-state index in [9.17, 15) is 9.59 Å². The summed E-state index contributed by atoms with van der Waals surface area (Å²) in [5.41, 5.74) is 1.00. The van der Waals surface area contributed by atoms with Gasteiger partial charge in [0.25, 0.3) is 5.91 Å². The Balaban J connectivity index is 1.69. The van der Waals surface area contributed by atoms with E-state index in [0.717, 1.165) is 50.9 Å². The first-order valence-electron chi connectivity index (χ1n) is 11.9. The molecule has 1 saturated carbocycles. The van der Waals surface area contributed by atoms with Crippen LogP contribution in [-0.4, -0.2) is 55.2 Å². The summed E-state index contributed by atoms with van der Waals surface area (Å²) >= 11 is 0. The highest BCUT2D eigenvalue weighted by atomic mass is 16.5. The zero-order valence-corrected chi connectivity index (χ0v) is 20.1. The third kappa shape index (κ3) is 4.65. The molecular weight excluding hydrogens is 428 g/mol. The van der Waals surface area contributed by atoms with Crippen molar-refractivity contribution in [2.24, 2.45) is 0 Å². The normalized spacial score (nSPS) is 26.8. The highest BCUT2D eigenvalue weighted by molar-refractivity contribution is 5.94. The Labute approximate surface area is 201 Å². The third-order valence-electron chi connectivity index (χ3n) is 7.49. The quantitative estimate of drug-likeness (QED) is 0.381. The summed E-state index contributed by atoms with van der Waals surface area (Å²) in [6.45, 7) is 7.82. The van der Waals surface area contributed by atoms with Crippen molar-refractivity contribution in [2.45, 2.75) is 49.7 Å². The maximum Gasteiger partial charge on any atom is 0.308 e. The Morgan fingerprint density at radius 1 is 1.18 bits per heavy atom. The minimum absolute atomic E-state index is 0.0133. The van der Waals surface area contributed by atoms with Gasteiger partial charge in [0.15, 0.2) is 0 Å². The standard InChI is InChI=1S/C28H34N2O4/c1-4-16-30-17-15-27(23-11-8-12-25(18-23)34-21(2)31)19-24(13-14-28(27,20-30)33-3)29-26(32)22-9-6-5-7-10-22/h4-12,18,24H,1,13-17,19-20H2,2-3H3,(H,29,32)/t24-,27?,28?/m0/s1. The van der Waals surface area contributed by atoms with Crippen molar-refractivity contribution in [2.75, 3.05) is 26.7 Å². The predicted octanol–water partition coefficient (Wildman–Crippen LogP) is 4.11. The maximum absolute atomic E-state index is 13.0. The van der Waals surface area contributed by atoms with Crippen LogP contribution in [0.1, 0.15) is 48.5 Å². The molecular formula is C28H34N2O4. The van der Waals surface area contributed by atoms with Crippen molar-refractivity contribution in [3.05, 3.63) is 78.4 Å². The van der Waals surface area contributed by atoms with Crippen LogP contribution in [0.5, 0.6) is 5.75 Å². The number of amides is 1. The molecule has 1 amide bonds. The first-order chi connectivity index (χ1) is 16.4. The number of rotatable bonds is 7. The van der Waals surface area contributed by atoms with Crippen LogP contribution < -0.4 is 10.1 Å². The SMILES string of the molecule is C=CCN1CCC2(c3cccc(OC(C)=O)c3)C[C@@H](NC(=O)c3ccccc3)CCC2(OC)C1. The number of likely N-dealkylation sites (tertiary alicyclic amines) is 1. The van der Waals surface area contributed by atoms with Gasteiger partial charge in [0.05, 0.1) is 5.60 Å². The number of fused-ring (bicyclic) bond motifs is 1. The molecule has 1 saturated heterocycles. The van der Waals surface area contributed by atoms with Gasteiger partial charge in [-0.3, -0.25) is 14.5 Å². The molecule has 0 radical (unpaired) electrons. The van der Waals surface area contributed by atoms with Gasteiger partial charge in [-0.05, 0) is 62.1 Å². The molecule has 180 valence electrons. The Hall–Kier alpha value is -2.96. The molecule has 3 atom stereocenters. The smallest absolute Gasteiger partial charge is 0.308 e. The molecule has 2 aliphatic rings. The molecule has 0 aromatic heterocycles. The number of methoxy groups -OCH3 is 1. The van der Waals surface area contributed by atoms with Gasteiger partial charge >= 0.3 is 5.97 Å². The first-order valence-corrected chi connectivity index (χ1v) is 11.9. The summed E-state index contributed by atoms with van der Waals surface area (Å²) in [5.74, 6) is 0.141. The van der Waals surface area contributed by atoms with Crippen LogP contribution >= 0.6 is 0 Å². The number of carbonyl (C=O) groups is 2. The topological polar surface area (TPSA) is 67.9 Å². The molecule has 1 N–H and O–H groups in total. The van der Waals surface area contributed by atoms with E-state index >= 15 is 0 Å². The van der Waals surface area contributed by atoms with Gasteiger partial charge in [0.2, 0.25) is 0 Å². The van der Waals surface area contributed by atoms with Crippen LogP contribution in [0.25, 0.3) is 0 Å². The van der Waals surface area contributed by atoms with Gasteiger partial charge in [-0.25, -0.2) is 0 Å². The van der Waals surface area contributed by atoms with E-state index in [1.807, 2.05) is 48.5 Å². The fourth-order valence-electron chi connectivity index (χ4n) is 5.94. The molecule has 2 aromatic carbocycles. The van der Waals surface area contributed by atoms with Crippen LogP contribution in [0.15, 0.2) is 67.3 Å². The van der Waals surface area contributed by atoms with E-state index in [4.69, 9.17) is 9.47 Å². The number of nitrogens with one attached hydrogen (secondary N) is 1. The van der Waals surface area contributed by atoms with Crippen molar-refractivity contribution < 1.29 is 19.1 Å². The number of carbonyl (C=O) groups excluding carboxylic acids is 2. The van der Waals surface area contributed by atoms with Gasteiger partial charge < -0.3 is 14.8 Å². The number of nitrogens with zero attached hydrogens (tertiary/aromatic N) is 1. The fourth-order valence-corrected chi connectivity index (χ4v) is 5.94. The van der Waals surface area contributed by atoms with Gasteiger partial charge in [-0.2, -0.15) is 0 Å². The van der Waals surface area contributed by atoms with E-state index in [1.165, 1.54) is 6.92 Å². The van der Waals surface area contributed by atoms with Crippen LogP contribution in [-0.2, 0) is 14.9 Å². The summed E-state index contributed by atoms with van der Waals surface area (Å²) in [7, 11) is 1.80. The van der Waals surface area contributed by atoms with E-state index in [1.54, 1.807) is 13.2 Å². The number of ether oxygens (including phenoxy) is 2. The minimum Gasteiger partial charge on any atom is -0.427 e. The lowest BCUT2D eigenvalue weighted by atomic mass is 9.55. The molecule has 2 fully saturated rings. The Bertz CT molecular complexity index is 1040. The van der Waals surface area contributed by atoms with Crippen molar-refractivity contribution in [1.82, 2.24) is 10.2 Å². The van der Waals surface area contributed by atoms with E-state index in [0.29, 0.717) is 11.3 Å². The van der Waals surface area contributed by atoms with Crippen molar-refractivity contribution >= 4 is 11.9 Å². The predicted molar refractivity (Wildman–Crippen MR) is 132 cm³/mol. The molecule has 34 heavy (non-hydrogen) atoms. The van der Waals surface area contributed by atoms with E-state index < -0.39 is 5.60 Å². The lowest BCUT2D eigenvalue weighted by Gasteiger charge is -2.59. The second-order valence-electron chi connectivity index (χ2n) is 9.45. The highest BCUT2D eigenvalue weighted by Crippen LogP contribution is 2.53. The third-order valence-corrected chi connectivity index (χ3v) is 7.49. The molecule has 1 aliphatic carbocycles.